The number of rotatable bonds is 5. The first kappa shape index (κ1) is 21.9. The number of methoxy groups -OCH3 is 1. The Morgan fingerprint density at radius 3 is 2.19 bits per heavy atom. The highest BCUT2D eigenvalue weighted by molar-refractivity contribution is 5.46. The number of aromatic nitrogens is 2. The Morgan fingerprint density at radius 1 is 1.38 bits per heavy atom. The van der Waals surface area contributed by atoms with Crippen LogP contribution in [0, 0.1) is 6.92 Å². The summed E-state index contributed by atoms with van der Waals surface area (Å²) in [7, 11) is 1.71. The number of carbonyl (C=O) groups excluding carboxylic acids is 1. The molecule has 1 N–H and O–H groups in total. The lowest BCUT2D eigenvalue weighted by Crippen LogP contribution is -2.22. The fourth-order valence-corrected chi connectivity index (χ4v) is 1.20. The molecule has 1 rings (SSSR count). The average molecular weight is 299 g/mol. The van der Waals surface area contributed by atoms with Crippen LogP contribution in [0.25, 0.3) is 0 Å². The van der Waals surface area contributed by atoms with E-state index < -0.39 is 0 Å². The first-order valence-electron chi connectivity index (χ1n) is 7.57. The second kappa shape index (κ2) is 12.4. The molecule has 5 heteroatoms. The van der Waals surface area contributed by atoms with Gasteiger partial charge >= 0.3 is 0 Å². The summed E-state index contributed by atoms with van der Waals surface area (Å²) in [6, 6.07) is 0. The van der Waals surface area contributed by atoms with E-state index in [0.717, 1.165) is 30.9 Å². The summed E-state index contributed by atoms with van der Waals surface area (Å²) in [5.74, 6) is 0.845. The van der Waals surface area contributed by atoms with Crippen LogP contribution >= 0.6 is 0 Å². The van der Waals surface area contributed by atoms with Crippen LogP contribution in [0.3, 0.4) is 0 Å². The van der Waals surface area contributed by atoms with Gasteiger partial charge in [0.1, 0.15) is 5.82 Å². The number of H-pyrrole nitrogens is 1. The summed E-state index contributed by atoms with van der Waals surface area (Å²) < 4.78 is 4.94. The minimum absolute atomic E-state index is 0.0417. The van der Waals surface area contributed by atoms with Gasteiger partial charge in [0, 0.05) is 25.5 Å². The molecule has 21 heavy (non-hydrogen) atoms. The molecule has 0 radical (unpaired) electrons. The Bertz CT molecular complexity index is 357. The van der Waals surface area contributed by atoms with E-state index in [1.165, 1.54) is 0 Å². The zero-order valence-corrected chi connectivity index (χ0v) is 15.0. The van der Waals surface area contributed by atoms with Crippen LogP contribution < -0.4 is 0 Å². The highest BCUT2D eigenvalue weighted by atomic mass is 16.5. The molecule has 0 aromatic carbocycles. The van der Waals surface area contributed by atoms with E-state index in [0.29, 0.717) is 6.54 Å². The Kier molecular flexibility index (Phi) is 12.9. The van der Waals surface area contributed by atoms with Crippen molar-refractivity contribution in [3.63, 3.8) is 0 Å². The molecule has 0 unspecified atom stereocenters. The van der Waals surface area contributed by atoms with Crippen molar-refractivity contribution in [2.24, 2.45) is 0 Å². The van der Waals surface area contributed by atoms with Crippen LogP contribution in [0.1, 0.15) is 59.5 Å². The van der Waals surface area contributed by atoms with Crippen molar-refractivity contribution in [3.8, 4) is 0 Å². The van der Waals surface area contributed by atoms with E-state index in [-0.39, 0.29) is 5.60 Å². The van der Waals surface area contributed by atoms with Crippen LogP contribution in [-0.4, -0.2) is 40.5 Å². The summed E-state index contributed by atoms with van der Waals surface area (Å²) in [5.41, 5.74) is 1.07. The van der Waals surface area contributed by atoms with Crippen LogP contribution in [0.4, 0.5) is 0 Å². The highest BCUT2D eigenvalue weighted by Gasteiger charge is 2.04. The zero-order valence-electron chi connectivity index (χ0n) is 15.0. The normalized spacial score (nSPS) is 9.90. The van der Waals surface area contributed by atoms with Crippen molar-refractivity contribution in [2.45, 2.75) is 67.0 Å². The molecule has 0 bridgehead atoms. The summed E-state index contributed by atoms with van der Waals surface area (Å²) >= 11 is 0. The zero-order chi connectivity index (χ0) is 16.9. The second-order valence-corrected chi connectivity index (χ2v) is 5.41. The second-order valence-electron chi connectivity index (χ2n) is 5.41. The fourth-order valence-electron chi connectivity index (χ4n) is 1.20. The molecule has 1 amide bonds. The van der Waals surface area contributed by atoms with E-state index in [1.807, 2.05) is 48.5 Å². The van der Waals surface area contributed by atoms with Gasteiger partial charge in [-0.3, -0.25) is 4.79 Å². The molecule has 0 aliphatic rings. The maximum absolute atomic E-state index is 10.6. The number of amides is 1. The lowest BCUT2D eigenvalue weighted by Gasteiger charge is -2.14. The molecule has 0 atom stereocenters. The van der Waals surface area contributed by atoms with Crippen LogP contribution in [0.2, 0.25) is 0 Å². The van der Waals surface area contributed by atoms with Gasteiger partial charge in [-0.2, -0.15) is 0 Å². The number of hydrogen-bond donors (Lipinski definition) is 1. The van der Waals surface area contributed by atoms with Gasteiger partial charge in [-0.15, -0.1) is 0 Å². The SMILES string of the molecule is CC.CCCN(C=O)Cc1ncc(C)[nH]1.COC(C)(C)C. The van der Waals surface area contributed by atoms with Crippen LogP contribution in [0.15, 0.2) is 6.20 Å². The Morgan fingerprint density at radius 2 is 1.90 bits per heavy atom. The lowest BCUT2D eigenvalue weighted by molar-refractivity contribution is -0.118. The predicted octanol–water partition coefficient (Wildman–Crippen LogP) is 3.54. The van der Waals surface area contributed by atoms with E-state index in [4.69, 9.17) is 4.74 Å². The summed E-state index contributed by atoms with van der Waals surface area (Å²) in [5, 5.41) is 0. The molecule has 0 fully saturated rings. The van der Waals surface area contributed by atoms with Crippen molar-refractivity contribution in [2.75, 3.05) is 13.7 Å². The topological polar surface area (TPSA) is 58.2 Å². The number of carbonyl (C=O) groups is 1. The van der Waals surface area contributed by atoms with E-state index in [2.05, 4.69) is 9.97 Å². The molecule has 1 aromatic rings. The van der Waals surface area contributed by atoms with E-state index in [1.54, 1.807) is 18.2 Å². The van der Waals surface area contributed by atoms with Crippen molar-refractivity contribution in [1.82, 2.24) is 14.9 Å². The van der Waals surface area contributed by atoms with E-state index >= 15 is 0 Å². The van der Waals surface area contributed by atoms with Gasteiger partial charge < -0.3 is 14.6 Å². The summed E-state index contributed by atoms with van der Waals surface area (Å²) in [6.45, 7) is 15.4. The molecular formula is C16H33N3O2. The average Bonchev–Trinajstić information content (AvgIpc) is 2.86. The van der Waals surface area contributed by atoms with Gasteiger partial charge in [0.25, 0.3) is 0 Å². The van der Waals surface area contributed by atoms with Gasteiger partial charge in [-0.25, -0.2) is 4.98 Å². The number of nitrogens with zero attached hydrogens (tertiary/aromatic N) is 2. The third-order valence-electron chi connectivity index (χ3n) is 2.38. The Labute approximate surface area is 130 Å². The molecule has 1 aromatic heterocycles. The van der Waals surface area contributed by atoms with Gasteiger partial charge in [0.15, 0.2) is 0 Å². The molecule has 0 aliphatic heterocycles. The first-order chi connectivity index (χ1) is 9.82. The molecule has 1 heterocycles. The molecule has 0 saturated heterocycles. The number of hydrogen-bond acceptors (Lipinski definition) is 3. The van der Waals surface area contributed by atoms with Gasteiger partial charge in [0.2, 0.25) is 6.41 Å². The van der Waals surface area contributed by atoms with E-state index in [9.17, 15) is 4.79 Å². The largest absolute Gasteiger partial charge is 0.379 e. The Balaban J connectivity index is 0. The molecule has 0 saturated carbocycles. The molecule has 124 valence electrons. The minimum Gasteiger partial charge on any atom is -0.379 e. The number of aryl methyl sites for hydroxylation is 1. The smallest absolute Gasteiger partial charge is 0.210 e. The third-order valence-corrected chi connectivity index (χ3v) is 2.38. The van der Waals surface area contributed by atoms with Gasteiger partial charge in [0.05, 0.1) is 12.1 Å². The standard InChI is InChI=1S/C9H15N3O.C5H12O.C2H6/c1-3-4-12(7-13)6-9-10-5-8(2)11-9;1-5(2,3)6-4;1-2/h5,7H,3-4,6H2,1-2H3,(H,10,11);1-4H3;1-2H3. The quantitative estimate of drug-likeness (QED) is 0.846. The van der Waals surface area contributed by atoms with Crippen LogP contribution in [-0.2, 0) is 16.1 Å². The molecular weight excluding hydrogens is 266 g/mol. The van der Waals surface area contributed by atoms with Crippen molar-refractivity contribution in [1.29, 1.82) is 0 Å². The van der Waals surface area contributed by atoms with Crippen LogP contribution in [0.5, 0.6) is 0 Å². The summed E-state index contributed by atoms with van der Waals surface area (Å²) in [4.78, 5) is 19.5. The lowest BCUT2D eigenvalue weighted by atomic mass is 10.2. The van der Waals surface area contributed by atoms with Crippen molar-refractivity contribution >= 4 is 6.41 Å². The first-order valence-corrected chi connectivity index (χ1v) is 7.57. The minimum atomic E-state index is 0.0417. The number of imidazole rings is 1. The highest BCUT2D eigenvalue weighted by Crippen LogP contribution is 2.02. The summed E-state index contributed by atoms with van der Waals surface area (Å²) in [6.07, 6.45) is 3.60. The monoisotopic (exact) mass is 299 g/mol. The van der Waals surface area contributed by atoms with Gasteiger partial charge in [-0.1, -0.05) is 20.8 Å². The molecule has 0 spiro atoms. The molecule has 0 aliphatic carbocycles. The predicted molar refractivity (Wildman–Crippen MR) is 88.2 cm³/mol. The Hall–Kier alpha value is -1.36. The maximum Gasteiger partial charge on any atom is 0.210 e. The number of ether oxygens (including phenoxy) is 1. The maximum atomic E-state index is 10.6. The van der Waals surface area contributed by atoms with Crippen molar-refractivity contribution < 1.29 is 9.53 Å². The van der Waals surface area contributed by atoms with Crippen molar-refractivity contribution in [3.05, 3.63) is 17.7 Å². The number of nitrogens with one attached hydrogen (secondary N) is 1. The van der Waals surface area contributed by atoms with Gasteiger partial charge in [-0.05, 0) is 34.1 Å². The molecule has 5 nitrogen and oxygen atoms in total. The third kappa shape index (κ3) is 13.4. The fraction of sp³-hybridized carbons (Fsp3) is 0.750. The number of aromatic amines is 1.